The van der Waals surface area contributed by atoms with E-state index in [0.717, 1.165) is 17.7 Å². The van der Waals surface area contributed by atoms with Crippen LogP contribution in [0.25, 0.3) is 0 Å². The van der Waals surface area contributed by atoms with Crippen molar-refractivity contribution in [2.75, 3.05) is 6.61 Å². The minimum atomic E-state index is -0.449. The molecule has 1 aliphatic heterocycles. The summed E-state index contributed by atoms with van der Waals surface area (Å²) in [5, 5.41) is 16.6. The highest BCUT2D eigenvalue weighted by Gasteiger charge is 2.31. The SMILES string of the molecule is Cc1nn(C)cc1[C@H]1OCC[C@@H]1NCc1cccc(C#N)c1F. The van der Waals surface area contributed by atoms with Gasteiger partial charge < -0.3 is 10.1 Å². The molecule has 120 valence electrons. The molecule has 0 spiro atoms. The summed E-state index contributed by atoms with van der Waals surface area (Å²) in [5.74, 6) is -0.449. The average molecular weight is 314 g/mol. The molecule has 1 aromatic heterocycles. The molecular formula is C17H19FN4O. The van der Waals surface area contributed by atoms with Crippen LogP contribution in [0.2, 0.25) is 0 Å². The fourth-order valence-electron chi connectivity index (χ4n) is 3.05. The molecule has 0 radical (unpaired) electrons. The highest BCUT2D eigenvalue weighted by atomic mass is 19.1. The molecule has 23 heavy (non-hydrogen) atoms. The number of ether oxygens (including phenoxy) is 1. The van der Waals surface area contributed by atoms with Gasteiger partial charge in [0.15, 0.2) is 0 Å². The molecule has 1 fully saturated rings. The number of rotatable bonds is 4. The van der Waals surface area contributed by atoms with Gasteiger partial charge in [0.1, 0.15) is 18.0 Å². The Hall–Kier alpha value is -2.23. The molecule has 1 aliphatic rings. The Morgan fingerprint density at radius 1 is 1.52 bits per heavy atom. The maximum absolute atomic E-state index is 14.1. The van der Waals surface area contributed by atoms with E-state index in [1.165, 1.54) is 6.07 Å². The smallest absolute Gasteiger partial charge is 0.145 e. The van der Waals surface area contributed by atoms with Gasteiger partial charge in [0, 0.05) is 43.6 Å². The van der Waals surface area contributed by atoms with Crippen LogP contribution in [0.15, 0.2) is 24.4 Å². The predicted molar refractivity (Wildman–Crippen MR) is 83.0 cm³/mol. The molecule has 1 aromatic carbocycles. The second-order valence-electron chi connectivity index (χ2n) is 5.80. The molecule has 1 N–H and O–H groups in total. The zero-order valence-electron chi connectivity index (χ0n) is 13.2. The highest BCUT2D eigenvalue weighted by molar-refractivity contribution is 5.35. The Labute approximate surface area is 134 Å². The fraction of sp³-hybridized carbons (Fsp3) is 0.412. The first kappa shape index (κ1) is 15.7. The van der Waals surface area contributed by atoms with Crippen LogP contribution in [0, 0.1) is 24.1 Å². The van der Waals surface area contributed by atoms with E-state index in [0.29, 0.717) is 18.7 Å². The molecule has 1 saturated heterocycles. The van der Waals surface area contributed by atoms with Crippen LogP contribution in [0.1, 0.15) is 34.9 Å². The number of halogens is 1. The van der Waals surface area contributed by atoms with Crippen LogP contribution in [-0.2, 0) is 18.3 Å². The third kappa shape index (κ3) is 3.11. The minimum Gasteiger partial charge on any atom is -0.372 e. The molecule has 3 rings (SSSR count). The van der Waals surface area contributed by atoms with Crippen molar-refractivity contribution >= 4 is 0 Å². The molecular weight excluding hydrogens is 295 g/mol. The van der Waals surface area contributed by atoms with Crippen molar-refractivity contribution in [2.24, 2.45) is 7.05 Å². The van der Waals surface area contributed by atoms with Crippen molar-refractivity contribution in [3.05, 3.63) is 52.6 Å². The van der Waals surface area contributed by atoms with Gasteiger partial charge in [-0.25, -0.2) is 4.39 Å². The molecule has 2 heterocycles. The Morgan fingerprint density at radius 3 is 3.04 bits per heavy atom. The maximum Gasteiger partial charge on any atom is 0.145 e. The normalized spacial score (nSPS) is 20.6. The van der Waals surface area contributed by atoms with E-state index in [-0.39, 0.29) is 17.7 Å². The number of nitriles is 1. The molecule has 6 heteroatoms. The molecule has 5 nitrogen and oxygen atoms in total. The van der Waals surface area contributed by atoms with Crippen molar-refractivity contribution in [1.29, 1.82) is 5.26 Å². The van der Waals surface area contributed by atoms with E-state index >= 15 is 0 Å². The van der Waals surface area contributed by atoms with Crippen LogP contribution in [0.3, 0.4) is 0 Å². The van der Waals surface area contributed by atoms with E-state index < -0.39 is 5.82 Å². The lowest BCUT2D eigenvalue weighted by Crippen LogP contribution is -2.31. The summed E-state index contributed by atoms with van der Waals surface area (Å²) < 4.78 is 21.8. The number of nitrogens with one attached hydrogen (secondary N) is 1. The van der Waals surface area contributed by atoms with Gasteiger partial charge in [-0.05, 0) is 19.4 Å². The first-order chi connectivity index (χ1) is 11.1. The van der Waals surface area contributed by atoms with Crippen molar-refractivity contribution in [3.63, 3.8) is 0 Å². The maximum atomic E-state index is 14.1. The number of aryl methyl sites for hydroxylation is 2. The zero-order valence-corrected chi connectivity index (χ0v) is 13.2. The van der Waals surface area contributed by atoms with Crippen molar-refractivity contribution in [2.45, 2.75) is 32.0 Å². The van der Waals surface area contributed by atoms with E-state index in [2.05, 4.69) is 10.4 Å². The third-order valence-electron chi connectivity index (χ3n) is 4.20. The summed E-state index contributed by atoms with van der Waals surface area (Å²) in [7, 11) is 1.89. The number of aromatic nitrogens is 2. The first-order valence-corrected chi connectivity index (χ1v) is 7.62. The molecule has 0 amide bonds. The highest BCUT2D eigenvalue weighted by Crippen LogP contribution is 2.31. The summed E-state index contributed by atoms with van der Waals surface area (Å²) in [6.45, 7) is 2.99. The molecule has 2 atom stereocenters. The van der Waals surface area contributed by atoms with Gasteiger partial charge in [0.05, 0.1) is 11.3 Å². The van der Waals surface area contributed by atoms with Gasteiger partial charge in [-0.1, -0.05) is 12.1 Å². The summed E-state index contributed by atoms with van der Waals surface area (Å²) in [4.78, 5) is 0. The summed E-state index contributed by atoms with van der Waals surface area (Å²) >= 11 is 0. The standard InChI is InChI=1S/C17H19FN4O/c1-11-14(10-22(2)21-11)17-15(6-7-23-17)20-9-13-5-3-4-12(8-19)16(13)18/h3-5,10,15,17,20H,6-7,9H2,1-2H3/t15-,17+/m0/s1. The predicted octanol–water partition coefficient (Wildman–Crippen LogP) is 2.36. The number of hydrogen-bond acceptors (Lipinski definition) is 4. The number of benzene rings is 1. The van der Waals surface area contributed by atoms with Gasteiger partial charge in [-0.2, -0.15) is 10.4 Å². The van der Waals surface area contributed by atoms with Crippen LogP contribution in [0.4, 0.5) is 4.39 Å². The number of hydrogen-bond donors (Lipinski definition) is 1. The molecule has 0 aliphatic carbocycles. The lowest BCUT2D eigenvalue weighted by atomic mass is 10.0. The van der Waals surface area contributed by atoms with E-state index in [1.807, 2.05) is 26.2 Å². The van der Waals surface area contributed by atoms with Gasteiger partial charge in [0.25, 0.3) is 0 Å². The quantitative estimate of drug-likeness (QED) is 0.941. The largest absolute Gasteiger partial charge is 0.372 e. The lowest BCUT2D eigenvalue weighted by molar-refractivity contribution is 0.0979. The summed E-state index contributed by atoms with van der Waals surface area (Å²) in [6, 6.07) is 6.85. The Balaban J connectivity index is 1.73. The third-order valence-corrected chi connectivity index (χ3v) is 4.20. The minimum absolute atomic E-state index is 0.0756. The first-order valence-electron chi connectivity index (χ1n) is 7.62. The summed E-state index contributed by atoms with van der Waals surface area (Å²) in [6.07, 6.45) is 2.75. The van der Waals surface area contributed by atoms with Crippen molar-refractivity contribution in [1.82, 2.24) is 15.1 Å². The van der Waals surface area contributed by atoms with Crippen molar-refractivity contribution < 1.29 is 9.13 Å². The van der Waals surface area contributed by atoms with Gasteiger partial charge in [0.2, 0.25) is 0 Å². The van der Waals surface area contributed by atoms with E-state index in [9.17, 15) is 4.39 Å². The fourth-order valence-corrected chi connectivity index (χ4v) is 3.05. The van der Waals surface area contributed by atoms with Crippen LogP contribution in [-0.4, -0.2) is 22.4 Å². The Bertz CT molecular complexity index is 750. The average Bonchev–Trinajstić information content (AvgIpc) is 3.12. The van der Waals surface area contributed by atoms with Crippen LogP contribution < -0.4 is 5.32 Å². The zero-order chi connectivity index (χ0) is 16.4. The second-order valence-corrected chi connectivity index (χ2v) is 5.80. The molecule has 0 unspecified atom stereocenters. The summed E-state index contributed by atoms with van der Waals surface area (Å²) in [5.41, 5.74) is 2.59. The lowest BCUT2D eigenvalue weighted by Gasteiger charge is -2.20. The molecule has 2 aromatic rings. The monoisotopic (exact) mass is 314 g/mol. The molecule has 0 saturated carbocycles. The Kier molecular flexibility index (Phi) is 4.42. The van der Waals surface area contributed by atoms with E-state index in [4.69, 9.17) is 10.00 Å². The Morgan fingerprint density at radius 2 is 2.35 bits per heavy atom. The second kappa shape index (κ2) is 6.49. The van der Waals surface area contributed by atoms with Gasteiger partial charge >= 0.3 is 0 Å². The van der Waals surface area contributed by atoms with Crippen molar-refractivity contribution in [3.8, 4) is 6.07 Å². The number of nitrogens with zero attached hydrogens (tertiary/aromatic N) is 3. The molecule has 0 bridgehead atoms. The van der Waals surface area contributed by atoms with Gasteiger partial charge in [-0.15, -0.1) is 0 Å². The van der Waals surface area contributed by atoms with Crippen LogP contribution in [0.5, 0.6) is 0 Å². The van der Waals surface area contributed by atoms with Crippen LogP contribution >= 0.6 is 0 Å². The van der Waals surface area contributed by atoms with Gasteiger partial charge in [-0.3, -0.25) is 4.68 Å². The van der Waals surface area contributed by atoms with E-state index in [1.54, 1.807) is 16.8 Å². The topological polar surface area (TPSA) is 62.9 Å².